The van der Waals surface area contributed by atoms with Crippen LogP contribution in [0.1, 0.15) is 62.6 Å². The predicted molar refractivity (Wildman–Crippen MR) is 99.5 cm³/mol. The molecule has 2 aliphatic rings. The van der Waals surface area contributed by atoms with Gasteiger partial charge in [0, 0.05) is 36.4 Å². The topological polar surface area (TPSA) is 68.5 Å². The molecule has 5 nitrogen and oxygen atoms in total. The van der Waals surface area contributed by atoms with Crippen LogP contribution < -0.4 is 5.56 Å². The third-order valence-electron chi connectivity index (χ3n) is 5.18. The summed E-state index contributed by atoms with van der Waals surface area (Å²) in [5, 5.41) is 10.7. The smallest absolute Gasteiger partial charge is 0.338 e. The standard InChI is InChI=1S/C21H25NO4/c1-4-26-20(24)17-14(2)12-16-18(17)15(13-22(3)19(16)23)8-11-21(25)9-6-5-7-10-21/h13,25H,4-7,9-10,12H2,1-3H3. The van der Waals surface area contributed by atoms with Gasteiger partial charge in [0.15, 0.2) is 0 Å². The van der Waals surface area contributed by atoms with Crippen LogP contribution in [0.5, 0.6) is 0 Å². The fourth-order valence-corrected chi connectivity index (χ4v) is 3.84. The number of aryl methyl sites for hydroxylation is 1. The molecule has 5 heteroatoms. The van der Waals surface area contributed by atoms with E-state index in [1.165, 1.54) is 4.57 Å². The minimum atomic E-state index is -0.985. The lowest BCUT2D eigenvalue weighted by Crippen LogP contribution is -2.29. The first-order chi connectivity index (χ1) is 12.4. The Bertz CT molecular complexity index is 889. The molecule has 0 unspecified atom stereocenters. The lowest BCUT2D eigenvalue weighted by molar-refractivity contribution is -0.136. The summed E-state index contributed by atoms with van der Waals surface area (Å²) in [6.07, 6.45) is 6.44. The number of hydrogen-bond acceptors (Lipinski definition) is 4. The minimum Gasteiger partial charge on any atom is -0.462 e. The maximum absolute atomic E-state index is 12.5. The van der Waals surface area contributed by atoms with Crippen molar-refractivity contribution in [3.63, 3.8) is 0 Å². The van der Waals surface area contributed by atoms with E-state index in [1.54, 1.807) is 20.2 Å². The average molecular weight is 355 g/mol. The van der Waals surface area contributed by atoms with Gasteiger partial charge in [0.1, 0.15) is 5.60 Å². The summed E-state index contributed by atoms with van der Waals surface area (Å²) in [4.78, 5) is 25.0. The molecule has 1 aromatic rings. The SMILES string of the molecule is CCOC(=O)C1=C(C)Cc2c1c(C#CC1(O)CCCCC1)cn(C)c2=O. The van der Waals surface area contributed by atoms with Gasteiger partial charge in [-0.05, 0) is 39.5 Å². The van der Waals surface area contributed by atoms with Gasteiger partial charge in [0.2, 0.25) is 0 Å². The van der Waals surface area contributed by atoms with Gasteiger partial charge in [-0.15, -0.1) is 0 Å². The second-order valence-electron chi connectivity index (χ2n) is 7.21. The molecule has 2 aliphatic carbocycles. The number of rotatable bonds is 2. The maximum Gasteiger partial charge on any atom is 0.338 e. The number of carbonyl (C=O) groups excluding carboxylic acids is 1. The largest absolute Gasteiger partial charge is 0.462 e. The van der Waals surface area contributed by atoms with Crippen molar-refractivity contribution in [1.82, 2.24) is 4.57 Å². The van der Waals surface area contributed by atoms with Gasteiger partial charge >= 0.3 is 5.97 Å². The summed E-state index contributed by atoms with van der Waals surface area (Å²) >= 11 is 0. The molecule has 0 bridgehead atoms. The number of aromatic nitrogens is 1. The Hall–Kier alpha value is -2.32. The molecule has 1 aromatic heterocycles. The van der Waals surface area contributed by atoms with Crippen LogP contribution in [0.4, 0.5) is 0 Å². The second kappa shape index (κ2) is 7.13. The Morgan fingerprint density at radius 3 is 2.69 bits per heavy atom. The van der Waals surface area contributed by atoms with E-state index < -0.39 is 11.6 Å². The quantitative estimate of drug-likeness (QED) is 0.653. The summed E-state index contributed by atoms with van der Waals surface area (Å²) in [5.41, 5.74) is 1.91. The fourth-order valence-electron chi connectivity index (χ4n) is 3.84. The van der Waals surface area contributed by atoms with Crippen LogP contribution >= 0.6 is 0 Å². The highest BCUT2D eigenvalue weighted by Crippen LogP contribution is 2.34. The zero-order valence-corrected chi connectivity index (χ0v) is 15.6. The number of aliphatic hydroxyl groups is 1. The van der Waals surface area contributed by atoms with E-state index >= 15 is 0 Å². The van der Waals surface area contributed by atoms with Crippen LogP contribution in [0.2, 0.25) is 0 Å². The van der Waals surface area contributed by atoms with E-state index in [-0.39, 0.29) is 12.2 Å². The zero-order valence-electron chi connectivity index (χ0n) is 15.6. The summed E-state index contributed by atoms with van der Waals surface area (Å²) < 4.78 is 6.68. The second-order valence-corrected chi connectivity index (χ2v) is 7.21. The van der Waals surface area contributed by atoms with E-state index in [1.807, 2.05) is 6.92 Å². The molecule has 1 fully saturated rings. The molecular weight excluding hydrogens is 330 g/mol. The van der Waals surface area contributed by atoms with Crippen molar-refractivity contribution in [1.29, 1.82) is 0 Å². The van der Waals surface area contributed by atoms with Crippen LogP contribution in [0.15, 0.2) is 16.6 Å². The molecule has 0 radical (unpaired) electrons. The molecule has 1 saturated carbocycles. The molecule has 1 N–H and O–H groups in total. The Labute approximate surface area is 153 Å². The van der Waals surface area contributed by atoms with Crippen molar-refractivity contribution in [2.75, 3.05) is 6.61 Å². The van der Waals surface area contributed by atoms with Gasteiger partial charge in [-0.25, -0.2) is 4.79 Å². The van der Waals surface area contributed by atoms with Crippen molar-refractivity contribution in [2.45, 2.75) is 58.0 Å². The summed E-state index contributed by atoms with van der Waals surface area (Å²) in [6, 6.07) is 0. The van der Waals surface area contributed by atoms with Crippen LogP contribution in [0.3, 0.4) is 0 Å². The highest BCUT2D eigenvalue weighted by molar-refractivity contribution is 6.19. The monoisotopic (exact) mass is 355 g/mol. The molecule has 0 saturated heterocycles. The highest BCUT2D eigenvalue weighted by atomic mass is 16.5. The number of ether oxygens (including phenoxy) is 1. The van der Waals surface area contributed by atoms with E-state index in [2.05, 4.69) is 11.8 Å². The summed E-state index contributed by atoms with van der Waals surface area (Å²) in [7, 11) is 1.68. The third-order valence-corrected chi connectivity index (χ3v) is 5.18. The van der Waals surface area contributed by atoms with Crippen LogP contribution in [-0.2, 0) is 23.0 Å². The molecule has 3 rings (SSSR count). The molecule has 1 heterocycles. The third kappa shape index (κ3) is 3.34. The van der Waals surface area contributed by atoms with Gasteiger partial charge in [-0.1, -0.05) is 23.8 Å². The molecule has 0 aliphatic heterocycles. The first-order valence-corrected chi connectivity index (χ1v) is 9.21. The Balaban J connectivity index is 2.11. The van der Waals surface area contributed by atoms with E-state index in [4.69, 9.17) is 4.74 Å². The van der Waals surface area contributed by atoms with Crippen molar-refractivity contribution in [3.8, 4) is 11.8 Å². The Kier molecular flexibility index (Phi) is 5.06. The maximum atomic E-state index is 12.5. The first-order valence-electron chi connectivity index (χ1n) is 9.21. The normalized spacial score (nSPS) is 18.2. The first kappa shape index (κ1) is 18.5. The van der Waals surface area contributed by atoms with Crippen molar-refractivity contribution in [3.05, 3.63) is 38.8 Å². The molecular formula is C21H25NO4. The number of pyridine rings is 1. The molecule has 0 atom stereocenters. The van der Waals surface area contributed by atoms with Gasteiger partial charge in [0.05, 0.1) is 12.2 Å². The zero-order chi connectivity index (χ0) is 18.9. The van der Waals surface area contributed by atoms with Crippen LogP contribution in [0.25, 0.3) is 5.57 Å². The van der Waals surface area contributed by atoms with Gasteiger partial charge in [-0.2, -0.15) is 0 Å². The van der Waals surface area contributed by atoms with Crippen molar-refractivity contribution < 1.29 is 14.6 Å². The molecule has 0 spiro atoms. The minimum absolute atomic E-state index is 0.124. The van der Waals surface area contributed by atoms with E-state index in [0.717, 1.165) is 24.8 Å². The number of carbonyl (C=O) groups is 1. The van der Waals surface area contributed by atoms with Gasteiger partial charge < -0.3 is 14.4 Å². The molecule has 138 valence electrons. The average Bonchev–Trinajstić information content (AvgIpc) is 2.95. The summed E-state index contributed by atoms with van der Waals surface area (Å²) in [6.45, 7) is 3.88. The van der Waals surface area contributed by atoms with Crippen molar-refractivity contribution >= 4 is 11.5 Å². The number of nitrogens with zero attached hydrogens (tertiary/aromatic N) is 1. The van der Waals surface area contributed by atoms with Gasteiger partial charge in [0.25, 0.3) is 5.56 Å². The lowest BCUT2D eigenvalue weighted by Gasteiger charge is -2.26. The highest BCUT2D eigenvalue weighted by Gasteiger charge is 2.31. The summed E-state index contributed by atoms with van der Waals surface area (Å²) in [5.74, 6) is 5.66. The van der Waals surface area contributed by atoms with Crippen LogP contribution in [0, 0.1) is 11.8 Å². The number of allylic oxidation sites excluding steroid dienone is 1. The van der Waals surface area contributed by atoms with Crippen LogP contribution in [-0.4, -0.2) is 27.9 Å². The predicted octanol–water partition coefficient (Wildman–Crippen LogP) is 2.32. The van der Waals surface area contributed by atoms with Crippen molar-refractivity contribution in [2.24, 2.45) is 7.05 Å². The molecule has 26 heavy (non-hydrogen) atoms. The lowest BCUT2D eigenvalue weighted by atomic mass is 9.85. The van der Waals surface area contributed by atoms with E-state index in [9.17, 15) is 14.7 Å². The number of hydrogen-bond donors (Lipinski definition) is 1. The number of esters is 1. The Morgan fingerprint density at radius 1 is 1.35 bits per heavy atom. The Morgan fingerprint density at radius 2 is 2.04 bits per heavy atom. The van der Waals surface area contributed by atoms with E-state index in [0.29, 0.717) is 41.5 Å². The molecule has 0 amide bonds. The fraction of sp³-hybridized carbons (Fsp3) is 0.524. The number of fused-ring (bicyclic) bond motifs is 1. The van der Waals surface area contributed by atoms with Gasteiger partial charge in [-0.3, -0.25) is 4.79 Å². The molecule has 0 aromatic carbocycles.